The van der Waals surface area contributed by atoms with Crippen molar-refractivity contribution < 1.29 is 9.13 Å². The van der Waals surface area contributed by atoms with Gasteiger partial charge >= 0.3 is 0 Å². The maximum absolute atomic E-state index is 12.6. The van der Waals surface area contributed by atoms with Gasteiger partial charge in [-0.05, 0) is 19.4 Å². The summed E-state index contributed by atoms with van der Waals surface area (Å²) in [7, 11) is 0. The summed E-state index contributed by atoms with van der Waals surface area (Å²) < 4.78 is 17.8. The van der Waals surface area contributed by atoms with Gasteiger partial charge in [0.2, 0.25) is 0 Å². The molecule has 1 unspecified atom stereocenters. The molecule has 3 heteroatoms. The summed E-state index contributed by atoms with van der Waals surface area (Å²) in [4.78, 5) is 2.29. The molecule has 2 aliphatic heterocycles. The van der Waals surface area contributed by atoms with E-state index in [1.807, 2.05) is 0 Å². The molecular weight excluding hydrogens is 169 g/mol. The predicted molar refractivity (Wildman–Crippen MR) is 49.5 cm³/mol. The lowest BCUT2D eigenvalue weighted by Crippen LogP contribution is -2.50. The fourth-order valence-corrected chi connectivity index (χ4v) is 2.31. The van der Waals surface area contributed by atoms with E-state index in [0.717, 1.165) is 39.1 Å². The highest BCUT2D eigenvalue weighted by Crippen LogP contribution is 2.30. The van der Waals surface area contributed by atoms with Gasteiger partial charge in [0.1, 0.15) is 6.67 Å². The van der Waals surface area contributed by atoms with Crippen molar-refractivity contribution in [1.82, 2.24) is 4.90 Å². The zero-order valence-corrected chi connectivity index (χ0v) is 8.26. The van der Waals surface area contributed by atoms with Gasteiger partial charge < -0.3 is 4.74 Å². The van der Waals surface area contributed by atoms with Crippen LogP contribution >= 0.6 is 0 Å². The zero-order chi connectivity index (χ0) is 9.31. The first-order chi connectivity index (χ1) is 6.23. The zero-order valence-electron chi connectivity index (χ0n) is 8.26. The summed E-state index contributed by atoms with van der Waals surface area (Å²) in [5.41, 5.74) is 0.303. The van der Waals surface area contributed by atoms with Gasteiger partial charge in [-0.3, -0.25) is 4.90 Å². The summed E-state index contributed by atoms with van der Waals surface area (Å²) >= 11 is 0. The number of hydrogen-bond donors (Lipinski definition) is 0. The summed E-state index contributed by atoms with van der Waals surface area (Å²) in [5, 5.41) is 0. The Kier molecular flexibility index (Phi) is 2.56. The van der Waals surface area contributed by atoms with Crippen LogP contribution in [0.25, 0.3) is 0 Å². The number of halogens is 1. The second-order valence-corrected chi connectivity index (χ2v) is 4.72. The van der Waals surface area contributed by atoms with Crippen molar-refractivity contribution in [2.45, 2.75) is 25.8 Å². The maximum atomic E-state index is 12.6. The largest absolute Gasteiger partial charge is 0.380 e. The molecule has 2 heterocycles. The Balaban J connectivity index is 1.86. The van der Waals surface area contributed by atoms with Crippen LogP contribution in [-0.2, 0) is 4.74 Å². The molecule has 0 aliphatic carbocycles. The van der Waals surface area contributed by atoms with Crippen molar-refractivity contribution in [1.29, 1.82) is 0 Å². The second-order valence-electron chi connectivity index (χ2n) is 4.72. The van der Waals surface area contributed by atoms with Crippen LogP contribution in [0.1, 0.15) is 19.8 Å². The number of hydrogen-bond acceptors (Lipinski definition) is 2. The molecule has 13 heavy (non-hydrogen) atoms. The summed E-state index contributed by atoms with van der Waals surface area (Å²) in [6.45, 7) is 5.83. The molecule has 0 N–H and O–H groups in total. The van der Waals surface area contributed by atoms with Crippen LogP contribution in [0.15, 0.2) is 0 Å². The van der Waals surface area contributed by atoms with Crippen LogP contribution in [0.5, 0.6) is 0 Å². The molecule has 2 nitrogen and oxygen atoms in total. The lowest BCUT2D eigenvalue weighted by Gasteiger charge is -2.42. The topological polar surface area (TPSA) is 12.5 Å². The molecule has 0 aromatic carbocycles. The fraction of sp³-hybridized carbons (Fsp3) is 1.00. The van der Waals surface area contributed by atoms with Gasteiger partial charge in [0.15, 0.2) is 0 Å². The smallest absolute Gasteiger partial charge is 0.105 e. The van der Waals surface area contributed by atoms with Crippen LogP contribution in [0.2, 0.25) is 0 Å². The van der Waals surface area contributed by atoms with Crippen LogP contribution in [-0.4, -0.2) is 43.9 Å². The third kappa shape index (κ3) is 1.86. The Morgan fingerprint density at radius 3 is 2.85 bits per heavy atom. The molecule has 0 amide bonds. The Morgan fingerprint density at radius 1 is 1.54 bits per heavy atom. The standard InChI is InChI=1S/C10H18FNO/c1-10(7-13-8-10)6-12-4-2-3-9(12)5-11/h9H,2-8H2,1H3. The van der Waals surface area contributed by atoms with Gasteiger partial charge in [0.25, 0.3) is 0 Å². The minimum Gasteiger partial charge on any atom is -0.380 e. The first kappa shape index (κ1) is 9.41. The van der Waals surface area contributed by atoms with Crippen molar-refractivity contribution >= 4 is 0 Å². The molecule has 0 saturated carbocycles. The van der Waals surface area contributed by atoms with E-state index in [1.165, 1.54) is 0 Å². The Bertz CT molecular complexity index is 182. The van der Waals surface area contributed by atoms with Gasteiger partial charge in [-0.15, -0.1) is 0 Å². The van der Waals surface area contributed by atoms with Gasteiger partial charge in [-0.2, -0.15) is 0 Å². The normalized spacial score (nSPS) is 33.2. The summed E-state index contributed by atoms with van der Waals surface area (Å²) in [5.74, 6) is 0. The molecule has 2 aliphatic rings. The van der Waals surface area contributed by atoms with Crippen LogP contribution < -0.4 is 0 Å². The second kappa shape index (κ2) is 3.54. The van der Waals surface area contributed by atoms with Gasteiger partial charge in [0, 0.05) is 18.0 Å². The van der Waals surface area contributed by atoms with Crippen LogP contribution in [0, 0.1) is 5.41 Å². The summed E-state index contributed by atoms with van der Waals surface area (Å²) in [6, 6.07) is 0.192. The number of likely N-dealkylation sites (tertiary alicyclic amines) is 1. The molecule has 0 aromatic heterocycles. The molecule has 2 rings (SSSR count). The number of rotatable bonds is 3. The lowest BCUT2D eigenvalue weighted by atomic mass is 9.88. The first-order valence-corrected chi connectivity index (χ1v) is 5.11. The minimum atomic E-state index is -0.184. The fourth-order valence-electron chi connectivity index (χ4n) is 2.31. The van der Waals surface area contributed by atoms with E-state index in [9.17, 15) is 4.39 Å². The maximum Gasteiger partial charge on any atom is 0.105 e. The van der Waals surface area contributed by atoms with Crippen molar-refractivity contribution in [3.63, 3.8) is 0 Å². The summed E-state index contributed by atoms with van der Waals surface area (Å²) in [6.07, 6.45) is 2.19. The molecular formula is C10H18FNO. The van der Waals surface area contributed by atoms with Crippen LogP contribution in [0.3, 0.4) is 0 Å². The van der Waals surface area contributed by atoms with Crippen molar-refractivity contribution in [2.24, 2.45) is 5.41 Å². The van der Waals surface area contributed by atoms with Crippen molar-refractivity contribution in [3.05, 3.63) is 0 Å². The Labute approximate surface area is 79.1 Å². The molecule has 0 radical (unpaired) electrons. The molecule has 0 aromatic rings. The third-order valence-corrected chi connectivity index (χ3v) is 3.16. The molecule has 2 fully saturated rings. The molecule has 2 saturated heterocycles. The van der Waals surface area contributed by atoms with E-state index < -0.39 is 0 Å². The highest BCUT2D eigenvalue weighted by atomic mass is 19.1. The lowest BCUT2D eigenvalue weighted by molar-refractivity contribution is -0.116. The number of ether oxygens (including phenoxy) is 1. The van der Waals surface area contributed by atoms with E-state index in [0.29, 0.717) is 5.41 Å². The average molecular weight is 187 g/mol. The van der Waals surface area contributed by atoms with Crippen molar-refractivity contribution in [2.75, 3.05) is 33.0 Å². The number of alkyl halides is 1. The first-order valence-electron chi connectivity index (χ1n) is 5.11. The Hall–Kier alpha value is -0.150. The monoisotopic (exact) mass is 187 g/mol. The third-order valence-electron chi connectivity index (χ3n) is 3.16. The van der Waals surface area contributed by atoms with Crippen molar-refractivity contribution in [3.8, 4) is 0 Å². The van der Waals surface area contributed by atoms with Gasteiger partial charge in [-0.25, -0.2) is 4.39 Å². The minimum absolute atomic E-state index is 0.184. The molecule has 76 valence electrons. The quantitative estimate of drug-likeness (QED) is 0.663. The Morgan fingerprint density at radius 2 is 2.31 bits per heavy atom. The van der Waals surface area contributed by atoms with Crippen LogP contribution in [0.4, 0.5) is 4.39 Å². The van der Waals surface area contributed by atoms with E-state index in [4.69, 9.17) is 4.74 Å². The van der Waals surface area contributed by atoms with E-state index in [1.54, 1.807) is 0 Å². The van der Waals surface area contributed by atoms with E-state index >= 15 is 0 Å². The van der Waals surface area contributed by atoms with E-state index in [2.05, 4.69) is 11.8 Å². The van der Waals surface area contributed by atoms with E-state index in [-0.39, 0.29) is 12.7 Å². The average Bonchev–Trinajstić information content (AvgIpc) is 2.49. The highest BCUT2D eigenvalue weighted by molar-refractivity contribution is 4.88. The highest BCUT2D eigenvalue weighted by Gasteiger charge is 2.38. The predicted octanol–water partition coefficient (Wildman–Crippen LogP) is 1.46. The SMILES string of the molecule is CC1(CN2CCCC2CF)COC1. The molecule has 0 bridgehead atoms. The number of nitrogens with zero attached hydrogens (tertiary/aromatic N) is 1. The van der Waals surface area contributed by atoms with Gasteiger partial charge in [-0.1, -0.05) is 6.92 Å². The molecule has 1 atom stereocenters. The molecule has 0 spiro atoms. The van der Waals surface area contributed by atoms with Gasteiger partial charge in [0.05, 0.1) is 13.2 Å².